The van der Waals surface area contributed by atoms with Crippen LogP contribution in [0.5, 0.6) is 5.75 Å². The lowest BCUT2D eigenvalue weighted by Gasteiger charge is -2.12. The number of sulfonamides is 1. The van der Waals surface area contributed by atoms with Gasteiger partial charge < -0.3 is 10.1 Å². The van der Waals surface area contributed by atoms with Crippen molar-refractivity contribution in [1.82, 2.24) is 10.0 Å². The van der Waals surface area contributed by atoms with Crippen molar-refractivity contribution in [3.05, 3.63) is 58.7 Å². The number of ether oxygens (including phenoxy) is 1. The van der Waals surface area contributed by atoms with E-state index in [-0.39, 0.29) is 10.8 Å². The third-order valence-corrected chi connectivity index (χ3v) is 5.85. The van der Waals surface area contributed by atoms with E-state index in [4.69, 9.17) is 4.74 Å². The molecule has 0 atom stereocenters. The number of aryl methyl sites for hydroxylation is 2. The Balaban J connectivity index is 1.94. The molecule has 7 heteroatoms. The molecular weight excluding hydrogens is 364 g/mol. The van der Waals surface area contributed by atoms with Crippen molar-refractivity contribution in [2.24, 2.45) is 0 Å². The molecule has 0 aliphatic rings. The highest BCUT2D eigenvalue weighted by Crippen LogP contribution is 2.21. The fourth-order valence-corrected chi connectivity index (χ4v) is 3.68. The first kappa shape index (κ1) is 20.9. The number of hydrogen-bond donors (Lipinski definition) is 2. The van der Waals surface area contributed by atoms with Gasteiger partial charge in [0.1, 0.15) is 5.75 Å². The van der Waals surface area contributed by atoms with Crippen molar-refractivity contribution in [3.63, 3.8) is 0 Å². The van der Waals surface area contributed by atoms with Crippen LogP contribution in [-0.2, 0) is 10.0 Å². The molecule has 6 nitrogen and oxygen atoms in total. The molecule has 0 saturated carbocycles. The molecule has 0 bridgehead atoms. The van der Waals surface area contributed by atoms with Gasteiger partial charge in [-0.05, 0) is 75.2 Å². The smallest absolute Gasteiger partial charge is 0.251 e. The molecule has 2 N–H and O–H groups in total. The summed E-state index contributed by atoms with van der Waals surface area (Å²) >= 11 is 0. The van der Waals surface area contributed by atoms with Crippen molar-refractivity contribution in [1.29, 1.82) is 0 Å². The summed E-state index contributed by atoms with van der Waals surface area (Å²) in [7, 11) is -2.27. The summed E-state index contributed by atoms with van der Waals surface area (Å²) < 4.78 is 32.2. The van der Waals surface area contributed by atoms with Gasteiger partial charge in [0.25, 0.3) is 5.91 Å². The molecule has 1 amide bonds. The van der Waals surface area contributed by atoms with Crippen LogP contribution >= 0.6 is 0 Å². The Bertz CT molecular complexity index is 924. The van der Waals surface area contributed by atoms with Crippen LogP contribution < -0.4 is 14.8 Å². The molecule has 0 saturated heterocycles. The zero-order valence-corrected chi connectivity index (χ0v) is 16.9. The van der Waals surface area contributed by atoms with Crippen LogP contribution in [-0.4, -0.2) is 34.5 Å². The minimum absolute atomic E-state index is 0.123. The standard InChI is InChI=1S/C20H26N2O4S/c1-14-7-5-8-18(11-14)26-10-6-9-22-20(23)17-12-15(2)16(3)19(13-17)27(24,25)21-4/h5,7-8,11-13,21H,6,9-10H2,1-4H3,(H,22,23). The molecule has 0 aliphatic heterocycles. The highest BCUT2D eigenvalue weighted by molar-refractivity contribution is 7.89. The second-order valence-corrected chi connectivity index (χ2v) is 8.25. The SMILES string of the molecule is CNS(=O)(=O)c1cc(C(=O)NCCCOc2cccc(C)c2)cc(C)c1C. The Labute approximate surface area is 161 Å². The van der Waals surface area contributed by atoms with E-state index < -0.39 is 10.0 Å². The third kappa shape index (κ3) is 5.55. The summed E-state index contributed by atoms with van der Waals surface area (Å²) in [6.45, 7) is 6.43. The molecule has 0 unspecified atom stereocenters. The number of amides is 1. The van der Waals surface area contributed by atoms with Crippen LogP contribution in [0.3, 0.4) is 0 Å². The van der Waals surface area contributed by atoms with Gasteiger partial charge in [0, 0.05) is 12.1 Å². The van der Waals surface area contributed by atoms with Crippen LogP contribution in [0.25, 0.3) is 0 Å². The first-order valence-electron chi connectivity index (χ1n) is 8.77. The van der Waals surface area contributed by atoms with E-state index in [9.17, 15) is 13.2 Å². The van der Waals surface area contributed by atoms with E-state index in [1.807, 2.05) is 31.2 Å². The van der Waals surface area contributed by atoms with Gasteiger partial charge in [0.15, 0.2) is 0 Å². The maximum atomic E-state index is 12.4. The summed E-state index contributed by atoms with van der Waals surface area (Å²) in [5.41, 5.74) is 2.83. The van der Waals surface area contributed by atoms with Gasteiger partial charge in [-0.2, -0.15) is 0 Å². The zero-order chi connectivity index (χ0) is 20.0. The fraction of sp³-hybridized carbons (Fsp3) is 0.350. The van der Waals surface area contributed by atoms with Gasteiger partial charge in [0.05, 0.1) is 11.5 Å². The number of benzene rings is 2. The lowest BCUT2D eigenvalue weighted by Crippen LogP contribution is -2.27. The Hall–Kier alpha value is -2.38. The molecule has 146 valence electrons. The highest BCUT2D eigenvalue weighted by Gasteiger charge is 2.19. The second kappa shape index (κ2) is 9.01. The average Bonchev–Trinajstić information content (AvgIpc) is 2.63. The molecule has 0 spiro atoms. The Morgan fingerprint density at radius 2 is 1.85 bits per heavy atom. The highest BCUT2D eigenvalue weighted by atomic mass is 32.2. The predicted octanol–water partition coefficient (Wildman–Crippen LogP) is 2.72. The van der Waals surface area contributed by atoms with Crippen LogP contribution in [0.2, 0.25) is 0 Å². The molecule has 0 radical (unpaired) electrons. The van der Waals surface area contributed by atoms with Gasteiger partial charge in [-0.25, -0.2) is 13.1 Å². The number of carbonyl (C=O) groups excluding carboxylic acids is 1. The summed E-state index contributed by atoms with van der Waals surface area (Å²) in [5, 5.41) is 2.81. The van der Waals surface area contributed by atoms with E-state index in [1.165, 1.54) is 13.1 Å². The second-order valence-electron chi connectivity index (χ2n) is 6.40. The van der Waals surface area contributed by atoms with Gasteiger partial charge in [-0.3, -0.25) is 4.79 Å². The van der Waals surface area contributed by atoms with E-state index in [0.717, 1.165) is 16.9 Å². The van der Waals surface area contributed by atoms with Crippen LogP contribution in [0.1, 0.15) is 33.5 Å². The molecule has 0 heterocycles. The quantitative estimate of drug-likeness (QED) is 0.679. The maximum absolute atomic E-state index is 12.4. The summed E-state index contributed by atoms with van der Waals surface area (Å²) in [6.07, 6.45) is 0.645. The molecule has 0 aliphatic carbocycles. The van der Waals surface area contributed by atoms with Gasteiger partial charge in [0.2, 0.25) is 10.0 Å². The number of hydrogen-bond acceptors (Lipinski definition) is 4. The predicted molar refractivity (Wildman–Crippen MR) is 106 cm³/mol. The Morgan fingerprint density at radius 3 is 2.52 bits per heavy atom. The van der Waals surface area contributed by atoms with Crippen molar-refractivity contribution in [3.8, 4) is 5.75 Å². The van der Waals surface area contributed by atoms with E-state index in [0.29, 0.717) is 30.7 Å². The van der Waals surface area contributed by atoms with E-state index in [1.54, 1.807) is 19.9 Å². The van der Waals surface area contributed by atoms with Crippen LogP contribution in [0.15, 0.2) is 41.3 Å². The number of nitrogens with one attached hydrogen (secondary N) is 2. The number of carbonyl (C=O) groups is 1. The maximum Gasteiger partial charge on any atom is 0.251 e. The normalized spacial score (nSPS) is 11.3. The summed E-state index contributed by atoms with van der Waals surface area (Å²) in [6, 6.07) is 10.9. The van der Waals surface area contributed by atoms with E-state index >= 15 is 0 Å². The lowest BCUT2D eigenvalue weighted by molar-refractivity contribution is 0.0951. The van der Waals surface area contributed by atoms with Crippen molar-refractivity contribution < 1.29 is 17.9 Å². The molecule has 27 heavy (non-hydrogen) atoms. The van der Waals surface area contributed by atoms with Crippen molar-refractivity contribution >= 4 is 15.9 Å². The molecule has 0 fully saturated rings. The Morgan fingerprint density at radius 1 is 1.11 bits per heavy atom. The van der Waals surface area contributed by atoms with Crippen molar-refractivity contribution in [2.45, 2.75) is 32.1 Å². The first-order chi connectivity index (χ1) is 12.7. The largest absolute Gasteiger partial charge is 0.494 e. The zero-order valence-electron chi connectivity index (χ0n) is 16.1. The third-order valence-electron chi connectivity index (χ3n) is 4.31. The summed E-state index contributed by atoms with van der Waals surface area (Å²) in [5.74, 6) is 0.499. The molecule has 2 rings (SSSR count). The van der Waals surface area contributed by atoms with Crippen LogP contribution in [0, 0.1) is 20.8 Å². The minimum atomic E-state index is -3.62. The fourth-order valence-electron chi connectivity index (χ4n) is 2.62. The van der Waals surface area contributed by atoms with Gasteiger partial charge in [-0.15, -0.1) is 0 Å². The average molecular weight is 391 g/mol. The van der Waals surface area contributed by atoms with Crippen molar-refractivity contribution in [2.75, 3.05) is 20.2 Å². The lowest BCUT2D eigenvalue weighted by atomic mass is 10.1. The molecule has 2 aromatic rings. The molecular formula is C20H26N2O4S. The van der Waals surface area contributed by atoms with E-state index in [2.05, 4.69) is 10.0 Å². The van der Waals surface area contributed by atoms with Gasteiger partial charge in [-0.1, -0.05) is 12.1 Å². The molecule has 2 aromatic carbocycles. The summed E-state index contributed by atoms with van der Waals surface area (Å²) in [4.78, 5) is 12.5. The molecule has 0 aromatic heterocycles. The van der Waals surface area contributed by atoms with Gasteiger partial charge >= 0.3 is 0 Å². The minimum Gasteiger partial charge on any atom is -0.494 e. The topological polar surface area (TPSA) is 84.5 Å². The monoisotopic (exact) mass is 390 g/mol. The van der Waals surface area contributed by atoms with Crippen LogP contribution in [0.4, 0.5) is 0 Å². The first-order valence-corrected chi connectivity index (χ1v) is 10.3. The number of rotatable bonds is 8. The Kier molecular flexibility index (Phi) is 6.98.